The molecular weight excluding hydrogens is 374 g/mol. The number of rotatable bonds is 7. The lowest BCUT2D eigenvalue weighted by Gasteiger charge is -2.48. The van der Waals surface area contributed by atoms with Crippen molar-refractivity contribution in [3.8, 4) is 0 Å². The SMILES string of the molecule is C=C/C=C\C=C\N1CC2(CCN(CCn3ccc([N+](=O)[O-])n3)CC2)OC(C)C1=O. The van der Waals surface area contributed by atoms with Crippen molar-refractivity contribution in [2.45, 2.75) is 38.0 Å². The average molecular weight is 401 g/mol. The molecule has 1 amide bonds. The molecule has 0 aliphatic carbocycles. The van der Waals surface area contributed by atoms with Crippen LogP contribution in [0.1, 0.15) is 19.8 Å². The lowest BCUT2D eigenvalue weighted by Crippen LogP contribution is -2.60. The number of amides is 1. The van der Waals surface area contributed by atoms with Crippen LogP contribution in [0, 0.1) is 10.1 Å². The van der Waals surface area contributed by atoms with E-state index in [1.54, 1.807) is 35.0 Å². The first-order valence-corrected chi connectivity index (χ1v) is 9.77. The van der Waals surface area contributed by atoms with Crippen molar-refractivity contribution in [2.24, 2.45) is 0 Å². The summed E-state index contributed by atoms with van der Waals surface area (Å²) in [6.07, 6.45) is 11.8. The summed E-state index contributed by atoms with van der Waals surface area (Å²) >= 11 is 0. The third-order valence-corrected chi connectivity index (χ3v) is 5.37. The highest BCUT2D eigenvalue weighted by Crippen LogP contribution is 2.33. The number of ether oxygens (including phenoxy) is 1. The van der Waals surface area contributed by atoms with Crippen LogP contribution in [0.15, 0.2) is 49.3 Å². The predicted octanol–water partition coefficient (Wildman–Crippen LogP) is 2.13. The molecule has 1 atom stereocenters. The minimum atomic E-state index is -0.489. The Morgan fingerprint density at radius 3 is 2.76 bits per heavy atom. The second kappa shape index (κ2) is 9.15. The van der Waals surface area contributed by atoms with Gasteiger partial charge in [0.05, 0.1) is 36.1 Å². The second-order valence-corrected chi connectivity index (χ2v) is 7.41. The van der Waals surface area contributed by atoms with E-state index in [4.69, 9.17) is 4.74 Å². The van der Waals surface area contributed by atoms with Gasteiger partial charge in [0.2, 0.25) is 0 Å². The number of carbonyl (C=O) groups is 1. The van der Waals surface area contributed by atoms with E-state index in [0.717, 1.165) is 32.5 Å². The number of likely N-dealkylation sites (tertiary alicyclic amines) is 1. The molecule has 3 rings (SSSR count). The maximum Gasteiger partial charge on any atom is 0.389 e. The number of carbonyl (C=O) groups excluding carboxylic acids is 1. The standard InChI is InChI=1S/C20H27N5O4/c1-3-4-5-6-10-23-16-20(29-17(2)19(23)26)8-12-22(13-9-20)14-15-24-11-7-18(21-24)25(27)28/h3-7,10-11,17H,1,8-9,12-16H2,2H3/b5-4-,10-6+. The summed E-state index contributed by atoms with van der Waals surface area (Å²) in [5, 5.41) is 14.7. The van der Waals surface area contributed by atoms with Crippen molar-refractivity contribution in [1.82, 2.24) is 19.6 Å². The molecular formula is C20H27N5O4. The van der Waals surface area contributed by atoms with Gasteiger partial charge >= 0.3 is 5.82 Å². The number of nitrogens with zero attached hydrogens (tertiary/aromatic N) is 5. The second-order valence-electron chi connectivity index (χ2n) is 7.41. The zero-order valence-corrected chi connectivity index (χ0v) is 16.6. The van der Waals surface area contributed by atoms with Crippen LogP contribution in [0.4, 0.5) is 5.82 Å². The van der Waals surface area contributed by atoms with Crippen LogP contribution in [0.25, 0.3) is 0 Å². The Morgan fingerprint density at radius 2 is 2.10 bits per heavy atom. The van der Waals surface area contributed by atoms with Crippen molar-refractivity contribution >= 4 is 11.7 Å². The Hall–Kier alpha value is -2.78. The van der Waals surface area contributed by atoms with Crippen molar-refractivity contribution in [1.29, 1.82) is 0 Å². The Balaban J connectivity index is 1.54. The van der Waals surface area contributed by atoms with Gasteiger partial charge in [0.1, 0.15) is 6.10 Å². The number of piperidine rings is 1. The molecule has 2 fully saturated rings. The summed E-state index contributed by atoms with van der Waals surface area (Å²) in [5.41, 5.74) is -0.333. The zero-order valence-electron chi connectivity index (χ0n) is 16.6. The number of hydrogen-bond donors (Lipinski definition) is 0. The highest BCUT2D eigenvalue weighted by molar-refractivity contribution is 5.82. The van der Waals surface area contributed by atoms with E-state index in [9.17, 15) is 14.9 Å². The molecule has 1 unspecified atom stereocenters. The van der Waals surface area contributed by atoms with Gasteiger partial charge in [-0.15, -0.1) is 0 Å². The van der Waals surface area contributed by atoms with Gasteiger partial charge in [-0.3, -0.25) is 4.79 Å². The van der Waals surface area contributed by atoms with Crippen LogP contribution in [-0.4, -0.2) is 68.3 Å². The van der Waals surface area contributed by atoms with Crippen molar-refractivity contribution < 1.29 is 14.5 Å². The molecule has 2 saturated heterocycles. The first-order chi connectivity index (χ1) is 13.9. The van der Waals surface area contributed by atoms with Crippen molar-refractivity contribution in [3.63, 3.8) is 0 Å². The molecule has 0 saturated carbocycles. The smallest absolute Gasteiger partial charge is 0.360 e. The third kappa shape index (κ3) is 5.18. The van der Waals surface area contributed by atoms with Crippen LogP contribution in [-0.2, 0) is 16.1 Å². The molecule has 3 heterocycles. The minimum absolute atomic E-state index is 0.0263. The molecule has 0 radical (unpaired) electrons. The molecule has 156 valence electrons. The fourth-order valence-electron chi connectivity index (χ4n) is 3.78. The van der Waals surface area contributed by atoms with E-state index in [-0.39, 0.29) is 17.3 Å². The first kappa shape index (κ1) is 20.9. The van der Waals surface area contributed by atoms with Crippen LogP contribution in [0.3, 0.4) is 0 Å². The van der Waals surface area contributed by atoms with E-state index in [1.165, 1.54) is 6.07 Å². The van der Waals surface area contributed by atoms with E-state index in [2.05, 4.69) is 16.6 Å². The quantitative estimate of drug-likeness (QED) is 0.395. The highest BCUT2D eigenvalue weighted by atomic mass is 16.6. The largest absolute Gasteiger partial charge is 0.389 e. The molecule has 0 N–H and O–H groups in total. The van der Waals surface area contributed by atoms with Crippen molar-refractivity contribution in [3.05, 3.63) is 59.5 Å². The van der Waals surface area contributed by atoms with Gasteiger partial charge in [-0.05, 0) is 30.8 Å². The van der Waals surface area contributed by atoms with Crippen molar-refractivity contribution in [2.75, 3.05) is 26.2 Å². The van der Waals surface area contributed by atoms with Crippen LogP contribution in [0.5, 0.6) is 0 Å². The Labute approximate surface area is 170 Å². The summed E-state index contributed by atoms with van der Waals surface area (Å²) in [7, 11) is 0. The van der Waals surface area contributed by atoms with Crippen LogP contribution < -0.4 is 0 Å². The molecule has 0 bridgehead atoms. The Kier molecular flexibility index (Phi) is 6.60. The van der Waals surface area contributed by atoms with Gasteiger partial charge in [-0.1, -0.05) is 24.8 Å². The number of aromatic nitrogens is 2. The lowest BCUT2D eigenvalue weighted by molar-refractivity contribution is -0.389. The molecule has 1 aromatic heterocycles. The summed E-state index contributed by atoms with van der Waals surface area (Å²) < 4.78 is 7.75. The van der Waals surface area contributed by atoms with Gasteiger partial charge in [0, 0.05) is 25.8 Å². The molecule has 9 heteroatoms. The molecule has 29 heavy (non-hydrogen) atoms. The first-order valence-electron chi connectivity index (χ1n) is 9.77. The summed E-state index contributed by atoms with van der Waals surface area (Å²) in [5.74, 6) is -0.158. The van der Waals surface area contributed by atoms with Gasteiger partial charge < -0.3 is 24.7 Å². The maximum absolute atomic E-state index is 12.4. The highest BCUT2D eigenvalue weighted by Gasteiger charge is 2.44. The summed E-state index contributed by atoms with van der Waals surface area (Å²) in [6.45, 7) is 9.04. The van der Waals surface area contributed by atoms with Gasteiger partial charge in [0.15, 0.2) is 0 Å². The molecule has 2 aliphatic rings. The Bertz CT molecular complexity index is 808. The number of nitro groups is 1. The molecule has 1 aromatic rings. The number of hydrogen-bond acceptors (Lipinski definition) is 6. The minimum Gasteiger partial charge on any atom is -0.360 e. The summed E-state index contributed by atoms with van der Waals surface area (Å²) in [4.78, 5) is 26.7. The van der Waals surface area contributed by atoms with Crippen LogP contribution in [0.2, 0.25) is 0 Å². The summed E-state index contributed by atoms with van der Waals surface area (Å²) in [6, 6.07) is 1.41. The van der Waals surface area contributed by atoms with Gasteiger partial charge in [-0.25, -0.2) is 0 Å². The number of morpholine rings is 1. The van der Waals surface area contributed by atoms with E-state index in [0.29, 0.717) is 13.1 Å². The third-order valence-electron chi connectivity index (χ3n) is 5.37. The van der Waals surface area contributed by atoms with Gasteiger partial charge in [-0.2, -0.15) is 4.68 Å². The van der Waals surface area contributed by atoms with E-state index in [1.807, 2.05) is 18.2 Å². The Morgan fingerprint density at radius 1 is 1.34 bits per heavy atom. The normalized spacial score (nSPS) is 22.7. The molecule has 0 aromatic carbocycles. The fraction of sp³-hybridized carbons (Fsp3) is 0.500. The van der Waals surface area contributed by atoms with Gasteiger partial charge in [0.25, 0.3) is 5.91 Å². The van der Waals surface area contributed by atoms with Crippen LogP contribution >= 0.6 is 0 Å². The molecule has 9 nitrogen and oxygen atoms in total. The molecule has 2 aliphatic heterocycles. The molecule has 1 spiro atoms. The lowest BCUT2D eigenvalue weighted by atomic mass is 9.88. The fourth-order valence-corrected chi connectivity index (χ4v) is 3.78. The average Bonchev–Trinajstić information content (AvgIpc) is 3.18. The van der Waals surface area contributed by atoms with E-state index < -0.39 is 11.0 Å². The zero-order chi connectivity index (χ0) is 20.9. The predicted molar refractivity (Wildman–Crippen MR) is 108 cm³/mol. The van der Waals surface area contributed by atoms with E-state index >= 15 is 0 Å². The monoisotopic (exact) mass is 401 g/mol. The topological polar surface area (TPSA) is 93.7 Å². The number of allylic oxidation sites excluding steroid dienone is 4. The maximum atomic E-state index is 12.4.